The number of carboxylic acid groups (broad SMARTS) is 1. The lowest BCUT2D eigenvalue weighted by Gasteiger charge is -2.29. The fraction of sp³-hybridized carbons (Fsp3) is 0.500. The van der Waals surface area contributed by atoms with Gasteiger partial charge in [0.05, 0.1) is 13.6 Å². The molecule has 0 fully saturated rings. The van der Waals surface area contributed by atoms with E-state index in [2.05, 4.69) is 26.6 Å². The van der Waals surface area contributed by atoms with E-state index in [0.29, 0.717) is 11.1 Å². The Kier molecular flexibility index (Phi) is 4.51. The predicted molar refractivity (Wildman–Crippen MR) is 74.4 cm³/mol. The number of benzene rings is 1. The monoisotopic (exact) mass is 250 g/mol. The third-order valence-electron chi connectivity index (χ3n) is 3.18. The van der Waals surface area contributed by atoms with E-state index >= 15 is 0 Å². The third kappa shape index (κ3) is 3.70. The van der Waals surface area contributed by atoms with Gasteiger partial charge in [0.25, 0.3) is 0 Å². The minimum atomic E-state index is -1.24. The lowest BCUT2D eigenvalue weighted by Crippen LogP contribution is -2.31. The van der Waals surface area contributed by atoms with Crippen molar-refractivity contribution in [1.82, 2.24) is 0 Å². The molecule has 3 heteroatoms. The molecule has 0 aliphatic heterocycles. The number of carboxylic acids is 1. The van der Waals surface area contributed by atoms with Gasteiger partial charge in [-0.2, -0.15) is 0 Å². The standard InChI is InChI=1S/C14H22O2Si/c1-5-6-13(17(2,3)4)11-7-9-12(10-8-11)14(15)16/h7-10,13H,5-6H2,1-4H3,(H,15,16). The van der Waals surface area contributed by atoms with Gasteiger partial charge in [-0.05, 0) is 29.7 Å². The minimum absolute atomic E-state index is 0.375. The first-order chi connectivity index (χ1) is 7.86. The summed E-state index contributed by atoms with van der Waals surface area (Å²) in [5.41, 5.74) is 2.30. The summed E-state index contributed by atoms with van der Waals surface area (Å²) in [6, 6.07) is 7.42. The highest BCUT2D eigenvalue weighted by molar-refractivity contribution is 6.77. The highest BCUT2D eigenvalue weighted by Crippen LogP contribution is 2.31. The molecule has 0 aliphatic rings. The molecule has 0 saturated heterocycles. The van der Waals surface area contributed by atoms with E-state index in [-0.39, 0.29) is 0 Å². The summed E-state index contributed by atoms with van der Waals surface area (Å²) in [5, 5.41) is 8.89. The largest absolute Gasteiger partial charge is 0.478 e. The normalized spacial score (nSPS) is 13.4. The van der Waals surface area contributed by atoms with Crippen LogP contribution in [0.4, 0.5) is 0 Å². The van der Waals surface area contributed by atoms with Crippen LogP contribution in [-0.4, -0.2) is 19.1 Å². The van der Waals surface area contributed by atoms with Crippen molar-refractivity contribution < 1.29 is 9.90 Å². The van der Waals surface area contributed by atoms with Crippen LogP contribution in [0.2, 0.25) is 19.6 Å². The van der Waals surface area contributed by atoms with Crippen molar-refractivity contribution in [3.05, 3.63) is 35.4 Å². The van der Waals surface area contributed by atoms with Crippen LogP contribution in [0.3, 0.4) is 0 Å². The maximum absolute atomic E-state index is 10.8. The first-order valence-electron chi connectivity index (χ1n) is 6.19. The van der Waals surface area contributed by atoms with Crippen LogP contribution >= 0.6 is 0 Å². The van der Waals surface area contributed by atoms with Gasteiger partial charge in [0.2, 0.25) is 0 Å². The van der Waals surface area contributed by atoms with Crippen LogP contribution in [0.5, 0.6) is 0 Å². The first kappa shape index (κ1) is 14.0. The van der Waals surface area contributed by atoms with E-state index < -0.39 is 14.0 Å². The average molecular weight is 250 g/mol. The van der Waals surface area contributed by atoms with Crippen molar-refractivity contribution in [2.45, 2.75) is 44.9 Å². The number of carbonyl (C=O) groups is 1. The molecule has 0 spiro atoms. The topological polar surface area (TPSA) is 37.3 Å². The van der Waals surface area contributed by atoms with Crippen molar-refractivity contribution in [2.24, 2.45) is 0 Å². The van der Waals surface area contributed by atoms with E-state index in [4.69, 9.17) is 5.11 Å². The van der Waals surface area contributed by atoms with Crippen LogP contribution in [0.15, 0.2) is 24.3 Å². The molecule has 0 bridgehead atoms. The van der Waals surface area contributed by atoms with E-state index in [0.717, 1.165) is 0 Å². The quantitative estimate of drug-likeness (QED) is 0.797. The molecular formula is C14H22O2Si. The zero-order valence-corrected chi connectivity index (χ0v) is 12.2. The van der Waals surface area contributed by atoms with Gasteiger partial charge in [0.1, 0.15) is 0 Å². The maximum Gasteiger partial charge on any atom is 0.335 e. The molecule has 1 unspecified atom stereocenters. The summed E-state index contributed by atoms with van der Waals surface area (Å²) in [4.78, 5) is 10.8. The minimum Gasteiger partial charge on any atom is -0.478 e. The highest BCUT2D eigenvalue weighted by Gasteiger charge is 2.27. The average Bonchev–Trinajstić information content (AvgIpc) is 2.24. The molecule has 17 heavy (non-hydrogen) atoms. The zero-order chi connectivity index (χ0) is 13.1. The van der Waals surface area contributed by atoms with Gasteiger partial charge in [-0.25, -0.2) is 4.79 Å². The first-order valence-corrected chi connectivity index (χ1v) is 9.77. The predicted octanol–water partition coefficient (Wildman–Crippen LogP) is 4.15. The van der Waals surface area contributed by atoms with E-state index in [1.54, 1.807) is 12.1 Å². The number of hydrogen-bond acceptors (Lipinski definition) is 1. The van der Waals surface area contributed by atoms with E-state index in [1.165, 1.54) is 18.4 Å². The molecule has 1 rings (SSSR count). The van der Waals surface area contributed by atoms with Crippen molar-refractivity contribution in [1.29, 1.82) is 0 Å². The summed E-state index contributed by atoms with van der Waals surface area (Å²) in [7, 11) is -1.24. The fourth-order valence-corrected chi connectivity index (χ4v) is 4.59. The molecule has 1 atom stereocenters. The molecule has 0 heterocycles. The summed E-state index contributed by atoms with van der Waals surface area (Å²) in [5.74, 6) is -0.850. The molecular weight excluding hydrogens is 228 g/mol. The van der Waals surface area contributed by atoms with Crippen LogP contribution in [-0.2, 0) is 0 Å². The Hall–Kier alpha value is -1.09. The maximum atomic E-state index is 10.8. The molecule has 0 aromatic heterocycles. The second-order valence-electron chi connectivity index (χ2n) is 5.63. The number of rotatable bonds is 5. The second-order valence-corrected chi connectivity index (χ2v) is 11.1. The van der Waals surface area contributed by atoms with Crippen LogP contribution in [0.25, 0.3) is 0 Å². The van der Waals surface area contributed by atoms with E-state index in [9.17, 15) is 4.79 Å². The van der Waals surface area contributed by atoms with Gasteiger partial charge in [0, 0.05) is 0 Å². The molecule has 94 valence electrons. The second kappa shape index (κ2) is 5.49. The smallest absolute Gasteiger partial charge is 0.335 e. The SMILES string of the molecule is CCCC(c1ccc(C(=O)O)cc1)[Si](C)(C)C. The molecule has 1 aromatic rings. The van der Waals surface area contributed by atoms with Crippen molar-refractivity contribution in [3.63, 3.8) is 0 Å². The van der Waals surface area contributed by atoms with Gasteiger partial charge >= 0.3 is 5.97 Å². The van der Waals surface area contributed by atoms with Gasteiger partial charge in [0.15, 0.2) is 0 Å². The summed E-state index contributed by atoms with van der Waals surface area (Å²) in [6.07, 6.45) is 2.37. The number of aromatic carboxylic acids is 1. The lowest BCUT2D eigenvalue weighted by atomic mass is 10.1. The fourth-order valence-electron chi connectivity index (χ4n) is 2.25. The highest BCUT2D eigenvalue weighted by atomic mass is 28.3. The van der Waals surface area contributed by atoms with Crippen molar-refractivity contribution in [3.8, 4) is 0 Å². The summed E-state index contributed by atoms with van der Waals surface area (Å²) < 4.78 is 0. The Morgan fingerprint density at radius 2 is 1.76 bits per heavy atom. The van der Waals surface area contributed by atoms with Crippen LogP contribution in [0.1, 0.15) is 41.2 Å². The van der Waals surface area contributed by atoms with Crippen LogP contribution < -0.4 is 0 Å². The Labute approximate surface area is 105 Å². The Morgan fingerprint density at radius 3 is 2.12 bits per heavy atom. The van der Waals surface area contributed by atoms with Crippen LogP contribution in [0, 0.1) is 0 Å². The van der Waals surface area contributed by atoms with Crippen molar-refractivity contribution in [2.75, 3.05) is 0 Å². The summed E-state index contributed by atoms with van der Waals surface area (Å²) >= 11 is 0. The van der Waals surface area contributed by atoms with Gasteiger partial charge < -0.3 is 5.11 Å². The molecule has 2 nitrogen and oxygen atoms in total. The Bertz CT molecular complexity index is 376. The Morgan fingerprint density at radius 1 is 1.24 bits per heavy atom. The number of hydrogen-bond donors (Lipinski definition) is 1. The van der Waals surface area contributed by atoms with Gasteiger partial charge in [-0.3, -0.25) is 0 Å². The molecule has 0 amide bonds. The van der Waals surface area contributed by atoms with Gasteiger partial charge in [-0.1, -0.05) is 45.1 Å². The van der Waals surface area contributed by atoms with Gasteiger partial charge in [-0.15, -0.1) is 0 Å². The zero-order valence-electron chi connectivity index (χ0n) is 11.2. The molecule has 1 N–H and O–H groups in total. The third-order valence-corrected chi connectivity index (χ3v) is 5.90. The molecule has 1 aromatic carbocycles. The summed E-state index contributed by atoms with van der Waals surface area (Å²) in [6.45, 7) is 9.33. The van der Waals surface area contributed by atoms with E-state index in [1.807, 2.05) is 12.1 Å². The Balaban J connectivity index is 2.99. The lowest BCUT2D eigenvalue weighted by molar-refractivity contribution is 0.0697. The molecule has 0 aliphatic carbocycles. The van der Waals surface area contributed by atoms with Crippen molar-refractivity contribution >= 4 is 14.0 Å². The molecule has 0 radical (unpaired) electrons. The molecule has 0 saturated carbocycles.